The zero-order valence-electron chi connectivity index (χ0n) is 7.80. The first-order valence-electron chi connectivity index (χ1n) is 4.23. The Balaban J connectivity index is 2.19. The van der Waals surface area contributed by atoms with Crippen LogP contribution in [-0.4, -0.2) is 16.8 Å². The molecule has 4 nitrogen and oxygen atoms in total. The maximum atomic E-state index is 11.9. The predicted molar refractivity (Wildman–Crippen MR) is 53.6 cm³/mol. The minimum Gasteiger partial charge on any atom is -0.435 e. The Hall–Kier alpha value is -1.63. The lowest BCUT2D eigenvalue weighted by Gasteiger charge is -2.03. The quantitative estimate of drug-likeness (QED) is 0.843. The fourth-order valence-electron chi connectivity index (χ4n) is 1.11. The van der Waals surface area contributed by atoms with Gasteiger partial charge in [-0.2, -0.15) is 8.78 Å². The Morgan fingerprint density at radius 3 is 2.38 bits per heavy atom. The van der Waals surface area contributed by atoms with Crippen LogP contribution in [-0.2, 0) is 0 Å². The van der Waals surface area contributed by atoms with E-state index in [4.69, 9.17) is 4.42 Å². The third-order valence-corrected chi connectivity index (χ3v) is 1.92. The van der Waals surface area contributed by atoms with Gasteiger partial charge in [0.2, 0.25) is 5.89 Å². The molecule has 0 aliphatic rings. The zero-order chi connectivity index (χ0) is 11.5. The van der Waals surface area contributed by atoms with Crippen LogP contribution in [0.5, 0.6) is 5.75 Å². The van der Waals surface area contributed by atoms with E-state index in [-0.39, 0.29) is 16.9 Å². The molecule has 0 aliphatic carbocycles. The number of halogens is 2. The van der Waals surface area contributed by atoms with Gasteiger partial charge in [0.05, 0.1) is 0 Å². The van der Waals surface area contributed by atoms with E-state index in [1.807, 2.05) is 0 Å². The van der Waals surface area contributed by atoms with Crippen LogP contribution in [0.25, 0.3) is 11.5 Å². The molecule has 16 heavy (non-hydrogen) atoms. The maximum Gasteiger partial charge on any atom is 0.387 e. The van der Waals surface area contributed by atoms with Crippen molar-refractivity contribution < 1.29 is 17.9 Å². The Morgan fingerprint density at radius 2 is 1.88 bits per heavy atom. The molecule has 0 N–H and O–H groups in total. The van der Waals surface area contributed by atoms with Crippen LogP contribution in [0.1, 0.15) is 0 Å². The summed E-state index contributed by atoms with van der Waals surface area (Å²) in [4.78, 5) is 0. The summed E-state index contributed by atoms with van der Waals surface area (Å²) >= 11 is 3.86. The van der Waals surface area contributed by atoms with E-state index < -0.39 is 6.61 Å². The molecule has 0 bridgehead atoms. The normalized spacial score (nSPS) is 10.8. The Kier molecular flexibility index (Phi) is 3.04. The van der Waals surface area contributed by atoms with Gasteiger partial charge in [-0.1, -0.05) is 12.6 Å². The third kappa shape index (κ3) is 2.48. The van der Waals surface area contributed by atoms with Gasteiger partial charge in [0.25, 0.3) is 5.22 Å². The van der Waals surface area contributed by atoms with Crippen molar-refractivity contribution in [1.29, 1.82) is 0 Å². The number of benzene rings is 1. The monoisotopic (exact) mass is 244 g/mol. The lowest BCUT2D eigenvalue weighted by molar-refractivity contribution is -0.0498. The molecule has 84 valence electrons. The van der Waals surface area contributed by atoms with E-state index in [1.54, 1.807) is 12.1 Å². The van der Waals surface area contributed by atoms with Crippen LogP contribution in [0.4, 0.5) is 8.78 Å². The molecule has 0 saturated heterocycles. The number of thiol groups is 1. The first kappa shape index (κ1) is 10.9. The number of ether oxygens (including phenoxy) is 1. The summed E-state index contributed by atoms with van der Waals surface area (Å²) in [5.74, 6) is 0.345. The molecule has 2 rings (SSSR count). The van der Waals surface area contributed by atoms with Gasteiger partial charge in [-0.3, -0.25) is 0 Å². The molecule has 1 aromatic carbocycles. The topological polar surface area (TPSA) is 48.2 Å². The molecule has 0 atom stereocenters. The molecular formula is C9H6F2N2O2S. The van der Waals surface area contributed by atoms with E-state index in [0.29, 0.717) is 5.56 Å². The van der Waals surface area contributed by atoms with Crippen molar-refractivity contribution >= 4 is 12.6 Å². The molecule has 0 unspecified atom stereocenters. The first-order valence-corrected chi connectivity index (χ1v) is 4.67. The Morgan fingerprint density at radius 1 is 1.19 bits per heavy atom. The van der Waals surface area contributed by atoms with Crippen LogP contribution >= 0.6 is 12.6 Å². The summed E-state index contributed by atoms with van der Waals surface area (Å²) in [6.45, 7) is -2.83. The average Bonchev–Trinajstić information content (AvgIpc) is 2.65. The highest BCUT2D eigenvalue weighted by Gasteiger charge is 2.08. The van der Waals surface area contributed by atoms with Crippen LogP contribution in [0.2, 0.25) is 0 Å². The summed E-state index contributed by atoms with van der Waals surface area (Å²) in [5.41, 5.74) is 0.606. The number of aromatic nitrogens is 2. The average molecular weight is 244 g/mol. The number of alkyl halides is 2. The van der Waals surface area contributed by atoms with Crippen LogP contribution in [0.3, 0.4) is 0 Å². The number of rotatable bonds is 3. The van der Waals surface area contributed by atoms with Gasteiger partial charge < -0.3 is 9.15 Å². The molecule has 0 saturated carbocycles. The summed E-state index contributed by atoms with van der Waals surface area (Å²) in [7, 11) is 0. The van der Waals surface area contributed by atoms with E-state index in [0.717, 1.165) is 0 Å². The first-order chi connectivity index (χ1) is 7.65. The van der Waals surface area contributed by atoms with Crippen molar-refractivity contribution in [2.45, 2.75) is 11.8 Å². The molecule has 0 spiro atoms. The largest absolute Gasteiger partial charge is 0.435 e. The van der Waals surface area contributed by atoms with E-state index in [2.05, 4.69) is 27.6 Å². The highest BCUT2D eigenvalue weighted by atomic mass is 32.1. The third-order valence-electron chi connectivity index (χ3n) is 1.74. The molecule has 0 fully saturated rings. The van der Waals surface area contributed by atoms with Crippen molar-refractivity contribution in [2.75, 3.05) is 0 Å². The Labute approximate surface area is 94.7 Å². The van der Waals surface area contributed by atoms with Gasteiger partial charge >= 0.3 is 6.61 Å². The summed E-state index contributed by atoms with van der Waals surface area (Å²) in [5, 5.41) is 7.40. The maximum absolute atomic E-state index is 11.9. The highest BCUT2D eigenvalue weighted by Crippen LogP contribution is 2.22. The highest BCUT2D eigenvalue weighted by molar-refractivity contribution is 7.80. The SMILES string of the molecule is FC(F)Oc1ccc(-c2nnc(S)o2)cc1. The van der Waals surface area contributed by atoms with Crippen molar-refractivity contribution in [3.63, 3.8) is 0 Å². The van der Waals surface area contributed by atoms with E-state index in [1.165, 1.54) is 12.1 Å². The summed E-state index contributed by atoms with van der Waals surface area (Å²) in [6, 6.07) is 5.87. The van der Waals surface area contributed by atoms with Gasteiger partial charge in [-0.15, -0.1) is 10.2 Å². The second-order valence-electron chi connectivity index (χ2n) is 2.79. The fourth-order valence-corrected chi connectivity index (χ4v) is 1.24. The van der Waals surface area contributed by atoms with Crippen molar-refractivity contribution in [2.24, 2.45) is 0 Å². The molecule has 1 aromatic heterocycles. The second-order valence-corrected chi connectivity index (χ2v) is 3.18. The molecule has 1 heterocycles. The molecule has 2 aromatic rings. The number of nitrogens with zero attached hydrogens (tertiary/aromatic N) is 2. The molecule has 7 heteroatoms. The summed E-state index contributed by atoms with van der Waals surface area (Å²) < 4.78 is 33.0. The summed E-state index contributed by atoms with van der Waals surface area (Å²) in [6.07, 6.45) is 0. The van der Waals surface area contributed by atoms with Crippen molar-refractivity contribution in [3.8, 4) is 17.2 Å². The van der Waals surface area contributed by atoms with E-state index in [9.17, 15) is 8.78 Å². The Bertz CT molecular complexity index is 473. The van der Waals surface area contributed by atoms with Crippen LogP contribution in [0, 0.1) is 0 Å². The minimum absolute atomic E-state index is 0.0735. The molecular weight excluding hydrogens is 238 g/mol. The van der Waals surface area contributed by atoms with Gasteiger partial charge in [-0.05, 0) is 24.3 Å². The van der Waals surface area contributed by atoms with Gasteiger partial charge in [0, 0.05) is 5.56 Å². The lowest BCUT2D eigenvalue weighted by atomic mass is 10.2. The van der Waals surface area contributed by atoms with Crippen LogP contribution in [0.15, 0.2) is 33.9 Å². The molecule has 0 radical (unpaired) electrons. The number of hydrogen-bond acceptors (Lipinski definition) is 5. The van der Waals surface area contributed by atoms with E-state index >= 15 is 0 Å². The lowest BCUT2D eigenvalue weighted by Crippen LogP contribution is -2.01. The molecule has 0 amide bonds. The smallest absolute Gasteiger partial charge is 0.387 e. The van der Waals surface area contributed by atoms with Crippen molar-refractivity contribution in [3.05, 3.63) is 24.3 Å². The second kappa shape index (κ2) is 4.48. The minimum atomic E-state index is -2.83. The van der Waals surface area contributed by atoms with Crippen molar-refractivity contribution in [1.82, 2.24) is 10.2 Å². The predicted octanol–water partition coefficient (Wildman–Crippen LogP) is 2.63. The van der Waals surface area contributed by atoms with Gasteiger partial charge in [0.1, 0.15) is 5.75 Å². The van der Waals surface area contributed by atoms with Gasteiger partial charge in [-0.25, -0.2) is 0 Å². The molecule has 0 aliphatic heterocycles. The van der Waals surface area contributed by atoms with Gasteiger partial charge in [0.15, 0.2) is 0 Å². The van der Waals surface area contributed by atoms with Crippen LogP contribution < -0.4 is 4.74 Å². The fraction of sp³-hybridized carbons (Fsp3) is 0.111. The zero-order valence-corrected chi connectivity index (χ0v) is 8.70. The number of hydrogen-bond donors (Lipinski definition) is 1. The standard InChI is InChI=1S/C9H6F2N2O2S/c10-8(11)14-6-3-1-5(2-4-6)7-12-13-9(16)15-7/h1-4,8H,(H,13,16).